The Morgan fingerprint density at radius 3 is 3.08 bits per heavy atom. The van der Waals surface area contributed by atoms with Crippen LogP contribution in [0.15, 0.2) is 0 Å². The van der Waals surface area contributed by atoms with Crippen molar-refractivity contribution in [1.82, 2.24) is 14.8 Å². The highest BCUT2D eigenvalue weighted by atomic mass is 16.4. The lowest BCUT2D eigenvalue weighted by molar-refractivity contribution is -0.139. The van der Waals surface area contributed by atoms with Gasteiger partial charge in [-0.3, -0.25) is 4.79 Å². The highest BCUT2D eigenvalue weighted by Gasteiger charge is 2.29. The molecule has 2 rings (SSSR count). The molecule has 0 aliphatic carbocycles. The Morgan fingerprint density at radius 1 is 1.62 bits per heavy atom. The molecule has 1 N–H and O–H groups in total. The summed E-state index contributed by atoms with van der Waals surface area (Å²) in [5.74, 6) is 0.153. The number of aliphatic carboxylic acids is 1. The number of hydrogen-bond donors (Lipinski definition) is 1. The second kappa shape index (κ2) is 2.83. The molecule has 0 saturated heterocycles. The molecule has 5 heteroatoms. The minimum absolute atomic E-state index is 0.463. The number of rotatable bonds is 1. The average Bonchev–Trinajstić information content (AvgIpc) is 2.48. The largest absolute Gasteiger partial charge is 0.481 e. The molecule has 1 aromatic heterocycles. The van der Waals surface area contributed by atoms with Crippen LogP contribution in [-0.4, -0.2) is 25.8 Å². The third-order valence-corrected chi connectivity index (χ3v) is 2.45. The predicted molar refractivity (Wildman–Crippen MR) is 44.4 cm³/mol. The van der Waals surface area contributed by atoms with Crippen molar-refractivity contribution < 1.29 is 9.90 Å². The third-order valence-electron chi connectivity index (χ3n) is 2.45. The second-order valence-corrected chi connectivity index (χ2v) is 3.29. The van der Waals surface area contributed by atoms with Gasteiger partial charge in [-0.1, -0.05) is 0 Å². The first-order chi connectivity index (χ1) is 6.20. The van der Waals surface area contributed by atoms with Crippen LogP contribution in [-0.2, 0) is 11.3 Å². The molecule has 0 bridgehead atoms. The molecule has 0 saturated carbocycles. The molecule has 0 unspecified atom stereocenters. The van der Waals surface area contributed by atoms with Gasteiger partial charge in [0.15, 0.2) is 0 Å². The summed E-state index contributed by atoms with van der Waals surface area (Å²) in [4.78, 5) is 10.8. The molecule has 0 aromatic carbocycles. The summed E-state index contributed by atoms with van der Waals surface area (Å²) in [6.45, 7) is 2.69. The van der Waals surface area contributed by atoms with Crippen molar-refractivity contribution in [2.75, 3.05) is 0 Å². The Morgan fingerprint density at radius 2 is 2.38 bits per heavy atom. The zero-order valence-electron chi connectivity index (χ0n) is 7.40. The molecule has 1 atom stereocenters. The number of aromatic nitrogens is 3. The molecule has 13 heavy (non-hydrogen) atoms. The molecular weight excluding hydrogens is 170 g/mol. The van der Waals surface area contributed by atoms with Gasteiger partial charge in [0.05, 0.1) is 0 Å². The highest BCUT2D eigenvalue weighted by Crippen LogP contribution is 2.26. The zero-order valence-corrected chi connectivity index (χ0v) is 7.40. The van der Waals surface area contributed by atoms with Crippen LogP contribution in [0.3, 0.4) is 0 Å². The molecule has 2 heterocycles. The minimum Gasteiger partial charge on any atom is -0.481 e. The lowest BCUT2D eigenvalue weighted by atomic mass is 9.99. The van der Waals surface area contributed by atoms with E-state index in [9.17, 15) is 4.79 Å². The fraction of sp³-hybridized carbons (Fsp3) is 0.625. The molecular formula is C8H11N3O2. The standard InChI is InChI=1S/C8H11N3O2/c1-5-9-10-7-6(8(12)13)3-2-4-11(5)7/h6H,2-4H2,1H3,(H,12,13)/t6-/m1/s1. The Hall–Kier alpha value is -1.39. The summed E-state index contributed by atoms with van der Waals surface area (Å²) in [6.07, 6.45) is 1.57. The predicted octanol–water partition coefficient (Wildman–Crippen LogP) is 0.549. The lowest BCUT2D eigenvalue weighted by Gasteiger charge is -2.19. The Kier molecular flexibility index (Phi) is 1.79. The first-order valence-corrected chi connectivity index (χ1v) is 4.32. The first kappa shape index (κ1) is 8.22. The summed E-state index contributed by atoms with van der Waals surface area (Å²) in [7, 11) is 0. The monoisotopic (exact) mass is 181 g/mol. The lowest BCUT2D eigenvalue weighted by Crippen LogP contribution is -2.22. The van der Waals surface area contributed by atoms with Crippen LogP contribution in [0, 0.1) is 6.92 Å². The molecule has 1 aromatic rings. The minimum atomic E-state index is -0.798. The van der Waals surface area contributed by atoms with E-state index in [0.717, 1.165) is 18.8 Å². The van der Waals surface area contributed by atoms with E-state index in [-0.39, 0.29) is 0 Å². The van der Waals surface area contributed by atoms with Gasteiger partial charge < -0.3 is 9.67 Å². The maximum Gasteiger partial charge on any atom is 0.314 e. The second-order valence-electron chi connectivity index (χ2n) is 3.29. The quantitative estimate of drug-likeness (QED) is 0.686. The van der Waals surface area contributed by atoms with Gasteiger partial charge in [-0.15, -0.1) is 10.2 Å². The van der Waals surface area contributed by atoms with Gasteiger partial charge >= 0.3 is 5.97 Å². The molecule has 0 amide bonds. The van der Waals surface area contributed by atoms with E-state index in [1.807, 2.05) is 11.5 Å². The fourth-order valence-corrected chi connectivity index (χ4v) is 1.75. The van der Waals surface area contributed by atoms with E-state index in [2.05, 4.69) is 10.2 Å². The van der Waals surface area contributed by atoms with Gasteiger partial charge in [0.1, 0.15) is 17.6 Å². The van der Waals surface area contributed by atoms with Gasteiger partial charge in [-0.05, 0) is 19.8 Å². The Labute approximate surface area is 75.4 Å². The molecule has 1 aliphatic heterocycles. The van der Waals surface area contributed by atoms with Crippen molar-refractivity contribution in [3.8, 4) is 0 Å². The van der Waals surface area contributed by atoms with Crippen LogP contribution in [0.5, 0.6) is 0 Å². The number of carboxylic acids is 1. The molecule has 0 fully saturated rings. The third kappa shape index (κ3) is 1.20. The van der Waals surface area contributed by atoms with Crippen LogP contribution in [0.4, 0.5) is 0 Å². The van der Waals surface area contributed by atoms with E-state index < -0.39 is 11.9 Å². The number of nitrogens with zero attached hydrogens (tertiary/aromatic N) is 3. The van der Waals surface area contributed by atoms with E-state index in [1.165, 1.54) is 0 Å². The molecule has 70 valence electrons. The maximum atomic E-state index is 10.8. The van der Waals surface area contributed by atoms with E-state index in [0.29, 0.717) is 12.2 Å². The number of fused-ring (bicyclic) bond motifs is 1. The molecule has 0 spiro atoms. The van der Waals surface area contributed by atoms with Crippen molar-refractivity contribution in [3.05, 3.63) is 11.6 Å². The number of aryl methyl sites for hydroxylation is 1. The highest BCUT2D eigenvalue weighted by molar-refractivity contribution is 5.75. The van der Waals surface area contributed by atoms with Crippen molar-refractivity contribution in [3.63, 3.8) is 0 Å². The van der Waals surface area contributed by atoms with Crippen LogP contribution < -0.4 is 0 Å². The van der Waals surface area contributed by atoms with Crippen LogP contribution >= 0.6 is 0 Å². The topological polar surface area (TPSA) is 68.0 Å². The molecule has 0 radical (unpaired) electrons. The van der Waals surface area contributed by atoms with Crippen LogP contribution in [0.25, 0.3) is 0 Å². The fourth-order valence-electron chi connectivity index (χ4n) is 1.75. The van der Waals surface area contributed by atoms with Crippen molar-refractivity contribution in [1.29, 1.82) is 0 Å². The summed E-state index contributed by atoms with van der Waals surface area (Å²) in [5.41, 5.74) is 0. The molecule has 5 nitrogen and oxygen atoms in total. The van der Waals surface area contributed by atoms with Gasteiger partial charge in [-0.2, -0.15) is 0 Å². The summed E-state index contributed by atoms with van der Waals surface area (Å²) >= 11 is 0. The van der Waals surface area contributed by atoms with Gasteiger partial charge in [-0.25, -0.2) is 0 Å². The Balaban J connectivity index is 2.43. The number of carboxylic acid groups (broad SMARTS) is 1. The smallest absolute Gasteiger partial charge is 0.314 e. The van der Waals surface area contributed by atoms with Crippen molar-refractivity contribution in [2.24, 2.45) is 0 Å². The van der Waals surface area contributed by atoms with Crippen molar-refractivity contribution in [2.45, 2.75) is 32.2 Å². The molecule has 1 aliphatic rings. The van der Waals surface area contributed by atoms with Crippen molar-refractivity contribution >= 4 is 5.97 Å². The van der Waals surface area contributed by atoms with E-state index in [1.54, 1.807) is 0 Å². The van der Waals surface area contributed by atoms with Crippen LogP contribution in [0.1, 0.15) is 30.4 Å². The van der Waals surface area contributed by atoms with E-state index in [4.69, 9.17) is 5.11 Å². The van der Waals surface area contributed by atoms with Gasteiger partial charge in [0.25, 0.3) is 0 Å². The number of hydrogen-bond acceptors (Lipinski definition) is 3. The Bertz CT molecular complexity index is 345. The summed E-state index contributed by atoms with van der Waals surface area (Å²) < 4.78 is 1.89. The number of carbonyl (C=O) groups is 1. The van der Waals surface area contributed by atoms with Crippen LogP contribution in [0.2, 0.25) is 0 Å². The summed E-state index contributed by atoms with van der Waals surface area (Å²) in [6, 6.07) is 0. The van der Waals surface area contributed by atoms with Gasteiger partial charge in [0, 0.05) is 6.54 Å². The SMILES string of the molecule is Cc1nnc2n1CCC[C@H]2C(=O)O. The van der Waals surface area contributed by atoms with E-state index >= 15 is 0 Å². The summed E-state index contributed by atoms with van der Waals surface area (Å²) in [5, 5.41) is 16.7. The maximum absolute atomic E-state index is 10.8. The zero-order chi connectivity index (χ0) is 9.42. The van der Waals surface area contributed by atoms with Gasteiger partial charge in [0.2, 0.25) is 0 Å². The normalized spacial score (nSPS) is 21.2. The average molecular weight is 181 g/mol. The first-order valence-electron chi connectivity index (χ1n) is 4.32.